The lowest BCUT2D eigenvalue weighted by Gasteiger charge is -2.24. The molecule has 17 heteroatoms. The average molecular weight is 1020 g/mol. The second-order valence-electron chi connectivity index (χ2n) is 18.2. The third-order valence-corrected chi connectivity index (χ3v) is 13.1. The molecule has 6 heterocycles. The molecule has 15 nitrogen and oxygen atoms in total. The number of benzene rings is 6. The van der Waals surface area contributed by atoms with Gasteiger partial charge in [-0.2, -0.15) is 20.6 Å². The van der Waals surface area contributed by atoms with E-state index in [1.165, 1.54) is 47.5 Å². The number of nitrogens with zero attached hydrogens (tertiary/aromatic N) is 4. The van der Waals surface area contributed by atoms with E-state index in [1.807, 2.05) is 48.5 Å². The summed E-state index contributed by atoms with van der Waals surface area (Å²) in [6.07, 6.45) is 0.309. The van der Waals surface area contributed by atoms with Gasteiger partial charge in [-0.05, 0) is 106 Å². The van der Waals surface area contributed by atoms with Gasteiger partial charge in [-0.15, -0.1) is 0 Å². The van der Waals surface area contributed by atoms with E-state index in [1.54, 1.807) is 30.3 Å². The van der Waals surface area contributed by atoms with Crippen molar-refractivity contribution < 1.29 is 27.8 Å². The first kappa shape index (κ1) is 51.0. The maximum Gasteiger partial charge on any atom is 0.256 e. The van der Waals surface area contributed by atoms with Crippen molar-refractivity contribution in [2.75, 3.05) is 64.4 Å². The number of ether oxygens (including phenoxy) is 3. The number of carbonyl (C=O) groups is 1. The lowest BCUT2D eigenvalue weighted by Crippen LogP contribution is -2.33. The first-order valence-corrected chi connectivity index (χ1v) is 25.1. The summed E-state index contributed by atoms with van der Waals surface area (Å²) in [7, 11) is 0. The Morgan fingerprint density at radius 1 is 0.487 bits per heavy atom. The molecule has 0 unspecified atom stereocenters. The quantitative estimate of drug-likeness (QED) is 0.0687. The van der Waals surface area contributed by atoms with Gasteiger partial charge in [-0.1, -0.05) is 84.9 Å². The lowest BCUT2D eigenvalue weighted by atomic mass is 10.0. The molecule has 0 saturated carbocycles. The van der Waals surface area contributed by atoms with Gasteiger partial charge in [-0.25, -0.2) is 8.78 Å². The van der Waals surface area contributed by atoms with Gasteiger partial charge in [0.15, 0.2) is 5.82 Å². The molecule has 384 valence electrons. The number of nitrogens with one attached hydrogen (secondary N) is 7. The van der Waals surface area contributed by atoms with Gasteiger partial charge >= 0.3 is 0 Å². The lowest BCUT2D eigenvalue weighted by molar-refractivity contribution is 0.0276. The summed E-state index contributed by atoms with van der Waals surface area (Å²) in [5, 5.41) is 43.5. The number of amides is 1. The third-order valence-electron chi connectivity index (χ3n) is 13.1. The van der Waals surface area contributed by atoms with Gasteiger partial charge in [0.25, 0.3) is 5.91 Å². The van der Waals surface area contributed by atoms with Crippen molar-refractivity contribution in [3.63, 3.8) is 0 Å². The maximum atomic E-state index is 13.0. The zero-order valence-electron chi connectivity index (χ0n) is 41.4. The van der Waals surface area contributed by atoms with Crippen LogP contribution < -0.4 is 21.3 Å². The summed E-state index contributed by atoms with van der Waals surface area (Å²) < 4.78 is 43.3. The monoisotopic (exact) mass is 1020 g/mol. The van der Waals surface area contributed by atoms with E-state index in [2.05, 4.69) is 106 Å². The van der Waals surface area contributed by atoms with Crippen LogP contribution >= 0.6 is 0 Å². The fourth-order valence-electron chi connectivity index (χ4n) is 8.87. The molecule has 3 aliphatic rings. The van der Waals surface area contributed by atoms with Gasteiger partial charge in [0.05, 0.1) is 78.2 Å². The number of halogens is 2. The number of carbonyl (C=O) groups excluding carboxylic acids is 1. The minimum Gasteiger partial charge on any atom is -0.371 e. The average Bonchev–Trinajstić information content (AvgIpc) is 4.30. The van der Waals surface area contributed by atoms with Crippen LogP contribution in [0.15, 0.2) is 164 Å². The van der Waals surface area contributed by atoms with E-state index in [0.29, 0.717) is 23.6 Å². The largest absolute Gasteiger partial charge is 0.371 e. The molecule has 3 aromatic heterocycles. The number of aromatic amines is 3. The maximum absolute atomic E-state index is 13.0. The normalized spacial score (nSPS) is 17.2. The number of rotatable bonds is 10. The highest BCUT2D eigenvalue weighted by molar-refractivity contribution is 6.04. The van der Waals surface area contributed by atoms with Gasteiger partial charge < -0.3 is 35.5 Å². The molecule has 0 aliphatic carbocycles. The second-order valence-corrected chi connectivity index (χ2v) is 18.2. The van der Waals surface area contributed by atoms with Crippen LogP contribution in [0.25, 0.3) is 56.3 Å². The first-order chi connectivity index (χ1) is 37.3. The van der Waals surface area contributed by atoms with E-state index in [-0.39, 0.29) is 35.9 Å². The molecular weight excluding hydrogens is 965 g/mol. The fourth-order valence-corrected chi connectivity index (χ4v) is 8.87. The van der Waals surface area contributed by atoms with E-state index in [0.717, 1.165) is 114 Å². The van der Waals surface area contributed by atoms with Crippen LogP contribution in [-0.2, 0) is 14.2 Å². The SMILES string of the molecule is Fc1ccc(-c2cc(-c3ccc([C@@H]4CNCCO4)cc3)[nH]n2)cc1.N#Cc1ccc(-c2cc(-c3ccc([C@@H]4CNCCO4)cc3)[nH]n2)cc1.O=C(Nc1cc(-c2ccc([C@H]3CNCCO3)cc2)[nH]n1)c1ccc(F)cc1. The Balaban J connectivity index is 0.000000130. The highest BCUT2D eigenvalue weighted by Gasteiger charge is 2.19. The Morgan fingerprint density at radius 2 is 0.855 bits per heavy atom. The molecule has 7 N–H and O–H groups in total. The summed E-state index contributed by atoms with van der Waals surface area (Å²) in [6, 6.07) is 51.7. The Labute approximate surface area is 438 Å². The Kier molecular flexibility index (Phi) is 16.6. The van der Waals surface area contributed by atoms with Crippen LogP contribution in [0.5, 0.6) is 0 Å². The Hall–Kier alpha value is -8.47. The molecule has 3 atom stereocenters. The Bertz CT molecular complexity index is 3320. The van der Waals surface area contributed by atoms with E-state index in [4.69, 9.17) is 19.5 Å². The van der Waals surface area contributed by atoms with Crippen molar-refractivity contribution in [1.29, 1.82) is 5.26 Å². The van der Waals surface area contributed by atoms with Crippen LogP contribution in [0.2, 0.25) is 0 Å². The van der Waals surface area contributed by atoms with Crippen molar-refractivity contribution in [3.05, 3.63) is 203 Å². The topological polar surface area (TPSA) is 203 Å². The summed E-state index contributed by atoms with van der Waals surface area (Å²) in [4.78, 5) is 12.2. The summed E-state index contributed by atoms with van der Waals surface area (Å²) in [5.74, 6) is -0.565. The van der Waals surface area contributed by atoms with Crippen molar-refractivity contribution in [3.8, 4) is 62.4 Å². The molecule has 9 aromatic rings. The van der Waals surface area contributed by atoms with Crippen LogP contribution in [0.1, 0.15) is 50.9 Å². The smallest absolute Gasteiger partial charge is 0.256 e. The molecule has 1 amide bonds. The molecule has 0 bridgehead atoms. The highest BCUT2D eigenvalue weighted by atomic mass is 19.1. The minimum absolute atomic E-state index is 0.0696. The summed E-state index contributed by atoms with van der Waals surface area (Å²) in [6.45, 7) is 7.43. The zero-order chi connectivity index (χ0) is 52.1. The van der Waals surface area contributed by atoms with Gasteiger partial charge in [0.2, 0.25) is 0 Å². The molecule has 3 aliphatic heterocycles. The number of H-pyrrole nitrogens is 3. The third kappa shape index (κ3) is 13.1. The summed E-state index contributed by atoms with van der Waals surface area (Å²) >= 11 is 0. The zero-order valence-corrected chi connectivity index (χ0v) is 41.4. The van der Waals surface area contributed by atoms with Crippen molar-refractivity contribution in [2.24, 2.45) is 0 Å². The molecule has 3 fully saturated rings. The molecule has 3 saturated heterocycles. The van der Waals surface area contributed by atoms with Crippen LogP contribution in [0.4, 0.5) is 14.6 Å². The molecule has 12 rings (SSSR count). The summed E-state index contributed by atoms with van der Waals surface area (Å²) in [5.41, 5.74) is 13.8. The standard InChI is InChI=1S/C20H19FN4O2.C20H18N4O.C19H18FN3O/c21-16-7-5-15(6-8-16)20(26)23-19-11-17(24-25-19)13-1-3-14(4-2-13)18-12-22-9-10-27-18;21-12-14-1-3-15(4-2-14)18-11-19(24-23-18)16-5-7-17(8-6-16)20-13-22-9-10-25-20;20-16-7-5-14(6-8-16)18-11-17(22-23-18)13-1-3-15(4-2-13)19-12-21-9-10-24-19/h1-8,11,18,22H,9-10,12H2,(H2,23,24,25,26);1-8,11,20,22H,9-10,13H2,(H,23,24);1-8,11,19,21H,9-10,12H2,(H,22,23)/t18-;20-;19-/m100/s1. The van der Waals surface area contributed by atoms with E-state index in [9.17, 15) is 13.6 Å². The predicted octanol–water partition coefficient (Wildman–Crippen LogP) is 9.95. The fraction of sp³-hybridized carbons (Fsp3) is 0.203. The molecule has 76 heavy (non-hydrogen) atoms. The number of nitriles is 1. The number of hydrogen-bond donors (Lipinski definition) is 7. The molecule has 0 spiro atoms. The number of anilines is 1. The minimum atomic E-state index is -0.383. The van der Waals surface area contributed by atoms with E-state index >= 15 is 0 Å². The number of aromatic nitrogens is 6. The second kappa shape index (κ2) is 24.7. The molecule has 0 radical (unpaired) electrons. The first-order valence-electron chi connectivity index (χ1n) is 25.1. The van der Waals surface area contributed by atoms with Gasteiger partial charge in [0.1, 0.15) is 11.6 Å². The van der Waals surface area contributed by atoms with Crippen molar-refractivity contribution in [1.82, 2.24) is 46.5 Å². The van der Waals surface area contributed by atoms with Crippen LogP contribution in [0, 0.1) is 23.0 Å². The predicted molar refractivity (Wildman–Crippen MR) is 287 cm³/mol. The molecular formula is C59H55F2N11O4. The van der Waals surface area contributed by atoms with E-state index < -0.39 is 0 Å². The van der Waals surface area contributed by atoms with Gasteiger partial charge in [-0.3, -0.25) is 20.1 Å². The van der Waals surface area contributed by atoms with Gasteiger partial charge in [0, 0.05) is 62.0 Å². The Morgan fingerprint density at radius 3 is 1.25 bits per heavy atom. The molecule has 6 aromatic carbocycles. The van der Waals surface area contributed by atoms with Crippen LogP contribution in [0.3, 0.4) is 0 Å². The van der Waals surface area contributed by atoms with Crippen LogP contribution in [-0.4, -0.2) is 95.6 Å². The number of hydrogen-bond acceptors (Lipinski definition) is 11. The number of morpholine rings is 3. The highest BCUT2D eigenvalue weighted by Crippen LogP contribution is 2.29. The van der Waals surface area contributed by atoms with Crippen molar-refractivity contribution >= 4 is 11.7 Å². The van der Waals surface area contributed by atoms with Crippen molar-refractivity contribution in [2.45, 2.75) is 18.3 Å².